The molecule has 1 aromatic heterocycles. The van der Waals surface area contributed by atoms with Gasteiger partial charge in [-0.25, -0.2) is 9.97 Å². The largest absolute Gasteiger partial charge is 0.391 e. The zero-order valence-corrected chi connectivity index (χ0v) is 8.80. The van der Waals surface area contributed by atoms with Crippen LogP contribution in [0.4, 0.5) is 5.82 Å². The van der Waals surface area contributed by atoms with Gasteiger partial charge in [0, 0.05) is 11.8 Å². The summed E-state index contributed by atoms with van der Waals surface area (Å²) < 4.78 is 0. The zero-order chi connectivity index (χ0) is 11.7. The molecule has 2 heterocycles. The van der Waals surface area contributed by atoms with Gasteiger partial charge in [-0.1, -0.05) is 0 Å². The minimum Gasteiger partial charge on any atom is -0.391 e. The Balaban J connectivity index is 2.42. The average Bonchev–Trinajstić information content (AvgIpc) is 2.57. The van der Waals surface area contributed by atoms with Crippen molar-refractivity contribution in [3.63, 3.8) is 0 Å². The van der Waals surface area contributed by atoms with Crippen molar-refractivity contribution in [2.75, 3.05) is 11.4 Å². The predicted octanol–water partition coefficient (Wildman–Crippen LogP) is -0.417. The molecular weight excluding hydrogens is 210 g/mol. The number of rotatable bonds is 2. The van der Waals surface area contributed by atoms with E-state index in [9.17, 15) is 9.59 Å². The standard InChI is InChI=1S/C10H11N3O3/c1-6-11-3-7(5-14)10(12-6)13-4-8(15)2-9(13)16/h3,14H,2,4-5H2,1H3. The van der Waals surface area contributed by atoms with Gasteiger partial charge in [-0.15, -0.1) is 0 Å². The van der Waals surface area contributed by atoms with Crippen LogP contribution in [0.1, 0.15) is 17.8 Å². The van der Waals surface area contributed by atoms with Crippen LogP contribution in [-0.2, 0) is 16.2 Å². The van der Waals surface area contributed by atoms with Crippen LogP contribution in [-0.4, -0.2) is 33.3 Å². The lowest BCUT2D eigenvalue weighted by Gasteiger charge is -2.16. The Bertz CT molecular complexity index is 459. The first-order valence-corrected chi connectivity index (χ1v) is 4.87. The summed E-state index contributed by atoms with van der Waals surface area (Å²) in [5.41, 5.74) is 0.452. The Morgan fingerprint density at radius 3 is 2.81 bits per heavy atom. The number of carbonyl (C=O) groups excluding carboxylic acids is 2. The third kappa shape index (κ3) is 1.79. The number of aryl methyl sites for hydroxylation is 1. The van der Waals surface area contributed by atoms with E-state index in [-0.39, 0.29) is 31.3 Å². The fraction of sp³-hybridized carbons (Fsp3) is 0.400. The molecule has 6 nitrogen and oxygen atoms in total. The van der Waals surface area contributed by atoms with E-state index >= 15 is 0 Å². The molecule has 2 rings (SSSR count). The van der Waals surface area contributed by atoms with Crippen LogP contribution in [0.15, 0.2) is 6.20 Å². The van der Waals surface area contributed by atoms with Gasteiger partial charge in [0.15, 0.2) is 5.78 Å². The van der Waals surface area contributed by atoms with E-state index < -0.39 is 0 Å². The van der Waals surface area contributed by atoms with Gasteiger partial charge in [0.1, 0.15) is 11.6 Å². The number of carbonyl (C=O) groups is 2. The first-order chi connectivity index (χ1) is 7.61. The van der Waals surface area contributed by atoms with E-state index in [0.29, 0.717) is 17.2 Å². The molecule has 0 spiro atoms. The number of amides is 1. The summed E-state index contributed by atoms with van der Waals surface area (Å²) >= 11 is 0. The number of anilines is 1. The van der Waals surface area contributed by atoms with Crippen LogP contribution in [0.2, 0.25) is 0 Å². The number of aromatic nitrogens is 2. The normalized spacial score (nSPS) is 16.0. The highest BCUT2D eigenvalue weighted by Gasteiger charge is 2.31. The van der Waals surface area contributed by atoms with E-state index in [2.05, 4.69) is 9.97 Å². The second-order valence-electron chi connectivity index (χ2n) is 3.62. The van der Waals surface area contributed by atoms with Gasteiger partial charge in [-0.2, -0.15) is 0 Å². The van der Waals surface area contributed by atoms with Crippen molar-refractivity contribution in [3.8, 4) is 0 Å². The molecule has 1 N–H and O–H groups in total. The minimum absolute atomic E-state index is 0.0300. The smallest absolute Gasteiger partial charge is 0.236 e. The Morgan fingerprint density at radius 2 is 2.25 bits per heavy atom. The van der Waals surface area contributed by atoms with Gasteiger partial charge in [0.2, 0.25) is 5.91 Å². The molecule has 1 saturated heterocycles. The molecule has 1 aromatic rings. The van der Waals surface area contributed by atoms with Crippen LogP contribution >= 0.6 is 0 Å². The summed E-state index contributed by atoms with van der Waals surface area (Å²) in [6, 6.07) is 0. The van der Waals surface area contributed by atoms with Crippen molar-refractivity contribution >= 4 is 17.5 Å². The van der Waals surface area contributed by atoms with E-state index in [4.69, 9.17) is 5.11 Å². The maximum absolute atomic E-state index is 11.5. The lowest BCUT2D eigenvalue weighted by Crippen LogP contribution is -2.27. The monoisotopic (exact) mass is 221 g/mol. The molecule has 0 unspecified atom stereocenters. The predicted molar refractivity (Wildman–Crippen MR) is 54.7 cm³/mol. The fourth-order valence-electron chi connectivity index (χ4n) is 1.61. The molecule has 0 saturated carbocycles. The number of aliphatic hydroxyl groups excluding tert-OH is 1. The minimum atomic E-state index is -0.280. The Morgan fingerprint density at radius 1 is 1.50 bits per heavy atom. The molecule has 1 amide bonds. The molecule has 1 fully saturated rings. The van der Waals surface area contributed by atoms with Crippen molar-refractivity contribution in [2.45, 2.75) is 20.0 Å². The zero-order valence-electron chi connectivity index (χ0n) is 8.80. The van der Waals surface area contributed by atoms with Gasteiger partial charge in [0.25, 0.3) is 0 Å². The summed E-state index contributed by atoms with van der Waals surface area (Å²) in [5.74, 6) is 0.424. The maximum Gasteiger partial charge on any atom is 0.236 e. The van der Waals surface area contributed by atoms with E-state index in [0.717, 1.165) is 0 Å². The third-order valence-electron chi connectivity index (χ3n) is 2.37. The van der Waals surface area contributed by atoms with E-state index in [1.165, 1.54) is 11.1 Å². The van der Waals surface area contributed by atoms with Crippen LogP contribution in [0.3, 0.4) is 0 Å². The molecule has 0 bridgehead atoms. The fourth-order valence-corrected chi connectivity index (χ4v) is 1.61. The average molecular weight is 221 g/mol. The Hall–Kier alpha value is -1.82. The molecule has 0 radical (unpaired) electrons. The number of aliphatic hydroxyl groups is 1. The van der Waals surface area contributed by atoms with Gasteiger partial charge >= 0.3 is 0 Å². The molecule has 0 atom stereocenters. The molecule has 1 aliphatic rings. The van der Waals surface area contributed by atoms with Crippen molar-refractivity contribution in [2.24, 2.45) is 0 Å². The topological polar surface area (TPSA) is 83.4 Å². The van der Waals surface area contributed by atoms with Gasteiger partial charge < -0.3 is 5.11 Å². The van der Waals surface area contributed by atoms with Crippen molar-refractivity contribution in [1.29, 1.82) is 0 Å². The van der Waals surface area contributed by atoms with Crippen LogP contribution in [0, 0.1) is 6.92 Å². The number of nitrogens with zero attached hydrogens (tertiary/aromatic N) is 3. The lowest BCUT2D eigenvalue weighted by atomic mass is 10.3. The highest BCUT2D eigenvalue weighted by molar-refractivity contribution is 6.14. The summed E-state index contributed by atoms with van der Waals surface area (Å²) in [6.07, 6.45) is 1.38. The molecule has 6 heteroatoms. The van der Waals surface area contributed by atoms with Gasteiger partial charge in [0.05, 0.1) is 19.6 Å². The summed E-state index contributed by atoms with van der Waals surface area (Å²) in [7, 11) is 0. The molecule has 16 heavy (non-hydrogen) atoms. The van der Waals surface area contributed by atoms with Crippen LogP contribution in [0.25, 0.3) is 0 Å². The van der Waals surface area contributed by atoms with E-state index in [1.54, 1.807) is 6.92 Å². The summed E-state index contributed by atoms with van der Waals surface area (Å²) in [4.78, 5) is 32.0. The number of hydrogen-bond donors (Lipinski definition) is 1. The van der Waals surface area contributed by atoms with Crippen molar-refractivity contribution in [3.05, 3.63) is 17.6 Å². The third-order valence-corrected chi connectivity index (χ3v) is 2.37. The van der Waals surface area contributed by atoms with Crippen molar-refractivity contribution < 1.29 is 14.7 Å². The number of hydrogen-bond acceptors (Lipinski definition) is 5. The summed E-state index contributed by atoms with van der Waals surface area (Å²) in [5, 5.41) is 9.12. The number of Topliss-reactive ketones (excluding diaryl/α,β-unsaturated/α-hetero) is 1. The molecular formula is C10H11N3O3. The van der Waals surface area contributed by atoms with Crippen LogP contribution < -0.4 is 4.90 Å². The lowest BCUT2D eigenvalue weighted by molar-refractivity contribution is -0.121. The first-order valence-electron chi connectivity index (χ1n) is 4.87. The van der Waals surface area contributed by atoms with Crippen molar-refractivity contribution in [1.82, 2.24) is 9.97 Å². The Labute approximate surface area is 91.9 Å². The molecule has 0 aliphatic carbocycles. The number of ketones is 1. The SMILES string of the molecule is Cc1ncc(CO)c(N2CC(=O)CC2=O)n1. The summed E-state index contributed by atoms with van der Waals surface area (Å²) in [6.45, 7) is 1.46. The molecule has 0 aromatic carbocycles. The second kappa shape index (κ2) is 3.97. The van der Waals surface area contributed by atoms with Gasteiger partial charge in [-0.05, 0) is 6.92 Å². The van der Waals surface area contributed by atoms with Gasteiger partial charge in [-0.3, -0.25) is 14.5 Å². The highest BCUT2D eigenvalue weighted by atomic mass is 16.3. The molecule has 1 aliphatic heterocycles. The maximum atomic E-state index is 11.5. The quantitative estimate of drug-likeness (QED) is 0.686. The Kier molecular flexibility index (Phi) is 2.66. The van der Waals surface area contributed by atoms with E-state index in [1.807, 2.05) is 0 Å². The first kappa shape index (κ1) is 10.7. The second-order valence-corrected chi connectivity index (χ2v) is 3.62. The molecule has 84 valence electrons. The van der Waals surface area contributed by atoms with Crippen LogP contribution in [0.5, 0.6) is 0 Å². The highest BCUT2D eigenvalue weighted by Crippen LogP contribution is 2.21.